The van der Waals surface area contributed by atoms with Crippen LogP contribution in [0.4, 0.5) is 5.82 Å². The van der Waals surface area contributed by atoms with Gasteiger partial charge in [0.1, 0.15) is 5.82 Å². The number of anilines is 1. The minimum atomic E-state index is -0.0569. The molecule has 1 fully saturated rings. The van der Waals surface area contributed by atoms with Crippen molar-refractivity contribution < 1.29 is 9.90 Å². The molecule has 0 aromatic carbocycles. The summed E-state index contributed by atoms with van der Waals surface area (Å²) in [4.78, 5) is 20.8. The van der Waals surface area contributed by atoms with Crippen molar-refractivity contribution in [2.75, 3.05) is 11.9 Å². The van der Waals surface area contributed by atoms with Gasteiger partial charge in [0.05, 0.1) is 18.8 Å². The Morgan fingerprint density at radius 2 is 2.04 bits per heavy atom. The van der Waals surface area contributed by atoms with Crippen LogP contribution in [-0.4, -0.2) is 37.4 Å². The number of aromatic nitrogens is 4. The fourth-order valence-electron chi connectivity index (χ4n) is 3.11. The third kappa shape index (κ3) is 3.34. The molecule has 0 saturated heterocycles. The molecule has 0 radical (unpaired) electrons. The van der Waals surface area contributed by atoms with Crippen LogP contribution >= 0.6 is 0 Å². The summed E-state index contributed by atoms with van der Waals surface area (Å²) in [6.07, 6.45) is 7.78. The van der Waals surface area contributed by atoms with Gasteiger partial charge < -0.3 is 10.4 Å². The Morgan fingerprint density at radius 3 is 2.73 bits per heavy atom. The highest BCUT2D eigenvalue weighted by molar-refractivity contribution is 5.95. The van der Waals surface area contributed by atoms with E-state index in [0.29, 0.717) is 18.1 Å². The standard InChI is InChI=1S/C19H19N5O2/c25-8-7-24-18(10-17(23-24)14-4-2-6-21-12-14)22-19(26)16-9-15(16)13-3-1-5-20-11-13/h1-6,10-12,15-16,25H,7-9H2,(H,22,26)/t15-,16+/m0/s1. The van der Waals surface area contributed by atoms with Gasteiger partial charge >= 0.3 is 0 Å². The number of hydrogen-bond acceptors (Lipinski definition) is 5. The maximum atomic E-state index is 12.6. The molecule has 3 heterocycles. The minimum Gasteiger partial charge on any atom is -0.394 e. The summed E-state index contributed by atoms with van der Waals surface area (Å²) in [6, 6.07) is 9.44. The van der Waals surface area contributed by atoms with Crippen molar-refractivity contribution in [2.45, 2.75) is 18.9 Å². The van der Waals surface area contributed by atoms with Gasteiger partial charge in [0, 0.05) is 42.3 Å². The van der Waals surface area contributed by atoms with Crippen LogP contribution in [0, 0.1) is 5.92 Å². The molecule has 1 aliphatic rings. The molecule has 3 aromatic rings. The molecule has 1 amide bonds. The van der Waals surface area contributed by atoms with Gasteiger partial charge in [-0.05, 0) is 36.1 Å². The van der Waals surface area contributed by atoms with E-state index in [1.807, 2.05) is 36.5 Å². The van der Waals surface area contributed by atoms with Crippen LogP contribution in [0.3, 0.4) is 0 Å². The van der Waals surface area contributed by atoms with E-state index >= 15 is 0 Å². The number of amides is 1. The molecule has 0 bridgehead atoms. The third-order valence-corrected chi connectivity index (χ3v) is 4.54. The van der Waals surface area contributed by atoms with Crippen molar-refractivity contribution >= 4 is 11.7 Å². The number of aliphatic hydroxyl groups is 1. The summed E-state index contributed by atoms with van der Waals surface area (Å²) in [5.74, 6) is 0.713. The fourth-order valence-corrected chi connectivity index (χ4v) is 3.11. The highest BCUT2D eigenvalue weighted by Crippen LogP contribution is 2.47. The second-order valence-corrected chi connectivity index (χ2v) is 6.33. The van der Waals surface area contributed by atoms with E-state index in [0.717, 1.165) is 17.5 Å². The zero-order chi connectivity index (χ0) is 17.9. The van der Waals surface area contributed by atoms with Gasteiger partial charge in [-0.1, -0.05) is 6.07 Å². The smallest absolute Gasteiger partial charge is 0.229 e. The number of pyridine rings is 2. The van der Waals surface area contributed by atoms with Gasteiger partial charge in [0.2, 0.25) is 5.91 Å². The Hall–Kier alpha value is -3.06. The zero-order valence-electron chi connectivity index (χ0n) is 14.1. The molecule has 132 valence electrons. The molecule has 0 aliphatic heterocycles. The lowest BCUT2D eigenvalue weighted by molar-refractivity contribution is -0.117. The number of hydrogen-bond donors (Lipinski definition) is 2. The Kier molecular flexibility index (Phi) is 4.45. The molecule has 7 nitrogen and oxygen atoms in total. The lowest BCUT2D eigenvalue weighted by Gasteiger charge is -2.07. The molecule has 0 unspecified atom stereocenters. The normalized spacial score (nSPS) is 18.5. The molecule has 2 N–H and O–H groups in total. The average Bonchev–Trinajstić information content (AvgIpc) is 3.40. The first-order valence-electron chi connectivity index (χ1n) is 8.56. The van der Waals surface area contributed by atoms with Crippen LogP contribution in [0.15, 0.2) is 55.1 Å². The Labute approximate surface area is 150 Å². The van der Waals surface area contributed by atoms with E-state index < -0.39 is 0 Å². The van der Waals surface area contributed by atoms with Crippen LogP contribution in [-0.2, 0) is 11.3 Å². The van der Waals surface area contributed by atoms with Gasteiger partial charge in [-0.15, -0.1) is 0 Å². The first kappa shape index (κ1) is 16.4. The molecule has 1 saturated carbocycles. The van der Waals surface area contributed by atoms with Gasteiger partial charge in [0.25, 0.3) is 0 Å². The number of nitrogens with one attached hydrogen (secondary N) is 1. The summed E-state index contributed by atoms with van der Waals surface area (Å²) in [5, 5.41) is 16.7. The SMILES string of the molecule is O=C(Nc1cc(-c2cccnc2)nn1CCO)[C@@H]1C[C@H]1c1cccnc1. The monoisotopic (exact) mass is 349 g/mol. The second-order valence-electron chi connectivity index (χ2n) is 6.33. The minimum absolute atomic E-state index is 0.0318. The third-order valence-electron chi connectivity index (χ3n) is 4.54. The topological polar surface area (TPSA) is 92.9 Å². The van der Waals surface area contributed by atoms with Crippen molar-refractivity contribution in [3.05, 3.63) is 60.7 Å². The highest BCUT2D eigenvalue weighted by Gasteiger charge is 2.44. The van der Waals surface area contributed by atoms with E-state index in [1.54, 1.807) is 23.3 Å². The molecule has 26 heavy (non-hydrogen) atoms. The van der Waals surface area contributed by atoms with Crippen LogP contribution in [0.25, 0.3) is 11.3 Å². The molecule has 3 aromatic heterocycles. The molecule has 7 heteroatoms. The maximum Gasteiger partial charge on any atom is 0.229 e. The van der Waals surface area contributed by atoms with Crippen molar-refractivity contribution in [3.63, 3.8) is 0 Å². The van der Waals surface area contributed by atoms with E-state index in [4.69, 9.17) is 0 Å². The summed E-state index contributed by atoms with van der Waals surface area (Å²) >= 11 is 0. The first-order valence-corrected chi connectivity index (χ1v) is 8.56. The number of aliphatic hydroxyl groups excluding tert-OH is 1. The Balaban J connectivity index is 1.51. The summed E-state index contributed by atoms with van der Waals surface area (Å²) in [7, 11) is 0. The molecule has 2 atom stereocenters. The maximum absolute atomic E-state index is 12.6. The lowest BCUT2D eigenvalue weighted by atomic mass is 10.1. The van der Waals surface area contributed by atoms with Crippen LogP contribution in [0.5, 0.6) is 0 Å². The van der Waals surface area contributed by atoms with Crippen molar-refractivity contribution in [3.8, 4) is 11.3 Å². The predicted molar refractivity (Wildman–Crippen MR) is 96.3 cm³/mol. The van der Waals surface area contributed by atoms with Gasteiger partial charge in [0.15, 0.2) is 0 Å². The quantitative estimate of drug-likeness (QED) is 0.711. The number of carbonyl (C=O) groups is 1. The first-order chi connectivity index (χ1) is 12.8. The molecular weight excluding hydrogens is 330 g/mol. The van der Waals surface area contributed by atoms with Crippen molar-refractivity contribution in [1.82, 2.24) is 19.7 Å². The van der Waals surface area contributed by atoms with E-state index in [2.05, 4.69) is 20.4 Å². The molecule has 1 aliphatic carbocycles. The largest absolute Gasteiger partial charge is 0.394 e. The van der Waals surface area contributed by atoms with Gasteiger partial charge in [-0.3, -0.25) is 14.8 Å². The highest BCUT2D eigenvalue weighted by atomic mass is 16.3. The van der Waals surface area contributed by atoms with E-state index in [-0.39, 0.29) is 24.3 Å². The van der Waals surface area contributed by atoms with Crippen molar-refractivity contribution in [2.24, 2.45) is 5.92 Å². The Morgan fingerprint density at radius 1 is 1.23 bits per heavy atom. The summed E-state index contributed by atoms with van der Waals surface area (Å²) < 4.78 is 1.61. The molecule has 4 rings (SSSR count). The van der Waals surface area contributed by atoms with E-state index in [1.165, 1.54) is 0 Å². The lowest BCUT2D eigenvalue weighted by Crippen LogP contribution is -2.18. The van der Waals surface area contributed by atoms with Gasteiger partial charge in [-0.2, -0.15) is 5.10 Å². The van der Waals surface area contributed by atoms with Crippen LogP contribution < -0.4 is 5.32 Å². The van der Waals surface area contributed by atoms with Crippen LogP contribution in [0.1, 0.15) is 17.9 Å². The predicted octanol–water partition coefficient (Wildman–Crippen LogP) is 2.07. The fraction of sp³-hybridized carbons (Fsp3) is 0.263. The molecule has 0 spiro atoms. The summed E-state index contributed by atoms with van der Waals surface area (Å²) in [5.41, 5.74) is 2.66. The van der Waals surface area contributed by atoms with Crippen molar-refractivity contribution in [1.29, 1.82) is 0 Å². The van der Waals surface area contributed by atoms with E-state index in [9.17, 15) is 9.90 Å². The zero-order valence-corrected chi connectivity index (χ0v) is 14.1. The second kappa shape index (κ2) is 7.05. The Bertz CT molecular complexity index is 895. The van der Waals surface area contributed by atoms with Crippen LogP contribution in [0.2, 0.25) is 0 Å². The number of nitrogens with zero attached hydrogens (tertiary/aromatic N) is 4. The van der Waals surface area contributed by atoms with Gasteiger partial charge in [-0.25, -0.2) is 4.68 Å². The number of rotatable bonds is 6. The molecular formula is C19H19N5O2. The summed E-state index contributed by atoms with van der Waals surface area (Å²) in [6.45, 7) is 0.255. The number of carbonyl (C=O) groups excluding carboxylic acids is 1. The average molecular weight is 349 g/mol.